The summed E-state index contributed by atoms with van der Waals surface area (Å²) in [6.45, 7) is 1.78. The molecule has 0 aliphatic carbocycles. The summed E-state index contributed by atoms with van der Waals surface area (Å²) in [7, 11) is 0. The monoisotopic (exact) mass is 252 g/mol. The molecule has 0 spiro atoms. The molecule has 5 heteroatoms. The zero-order chi connectivity index (χ0) is 13.2. The van der Waals surface area contributed by atoms with Crippen LogP contribution in [0.4, 0.5) is 0 Å². The molecule has 3 rings (SSSR count). The predicted octanol–water partition coefficient (Wildman–Crippen LogP) is 2.12. The number of benzene rings is 1. The van der Waals surface area contributed by atoms with E-state index in [2.05, 4.69) is 15.4 Å². The number of hydrogen-bond donors (Lipinski definition) is 1. The van der Waals surface area contributed by atoms with Gasteiger partial charge in [0.1, 0.15) is 5.82 Å². The molecule has 0 saturated heterocycles. The third kappa shape index (κ3) is 2.18. The van der Waals surface area contributed by atoms with Crippen LogP contribution >= 0.6 is 0 Å². The topological polar surface area (TPSA) is 59.8 Å². The molecule has 0 fully saturated rings. The van der Waals surface area contributed by atoms with Crippen molar-refractivity contribution in [2.45, 2.75) is 6.92 Å². The first-order valence-electron chi connectivity index (χ1n) is 5.90. The molecule has 0 aliphatic rings. The third-order valence-corrected chi connectivity index (χ3v) is 2.86. The van der Waals surface area contributed by atoms with Gasteiger partial charge in [0.05, 0.1) is 11.1 Å². The molecule has 2 aromatic heterocycles. The average Bonchev–Trinajstić information content (AvgIpc) is 2.83. The fraction of sp³-hybridized carbons (Fsp3) is 0.0714. The number of carbonyl (C=O) groups is 1. The number of carbonyl (C=O) groups excluding carboxylic acids is 1. The predicted molar refractivity (Wildman–Crippen MR) is 72.4 cm³/mol. The van der Waals surface area contributed by atoms with Crippen molar-refractivity contribution in [3.8, 4) is 0 Å². The van der Waals surface area contributed by atoms with Crippen LogP contribution in [0.2, 0.25) is 0 Å². The highest BCUT2D eigenvalue weighted by Gasteiger charge is 2.08. The summed E-state index contributed by atoms with van der Waals surface area (Å²) >= 11 is 0. The van der Waals surface area contributed by atoms with Gasteiger partial charge in [-0.1, -0.05) is 18.2 Å². The van der Waals surface area contributed by atoms with Crippen LogP contribution in [0.15, 0.2) is 48.9 Å². The molecule has 0 aliphatic heterocycles. The van der Waals surface area contributed by atoms with Gasteiger partial charge in [0, 0.05) is 24.0 Å². The van der Waals surface area contributed by atoms with Gasteiger partial charge in [0.25, 0.3) is 5.91 Å². The van der Waals surface area contributed by atoms with Crippen molar-refractivity contribution >= 4 is 16.8 Å². The van der Waals surface area contributed by atoms with Gasteiger partial charge >= 0.3 is 0 Å². The molecule has 5 nitrogen and oxygen atoms in total. The minimum Gasteiger partial charge on any atom is -0.267 e. The zero-order valence-corrected chi connectivity index (χ0v) is 10.4. The highest BCUT2D eigenvalue weighted by atomic mass is 16.2. The Morgan fingerprint density at radius 1 is 1.16 bits per heavy atom. The molecule has 2 heterocycles. The van der Waals surface area contributed by atoms with Crippen molar-refractivity contribution in [3.63, 3.8) is 0 Å². The van der Waals surface area contributed by atoms with Gasteiger partial charge in [-0.2, -0.15) is 0 Å². The summed E-state index contributed by atoms with van der Waals surface area (Å²) in [6, 6.07) is 9.78. The lowest BCUT2D eigenvalue weighted by Gasteiger charge is -2.07. The second kappa shape index (κ2) is 4.53. The van der Waals surface area contributed by atoms with E-state index in [4.69, 9.17) is 0 Å². The molecule has 1 aromatic carbocycles. The Bertz CT molecular complexity index is 731. The van der Waals surface area contributed by atoms with Gasteiger partial charge < -0.3 is 0 Å². The van der Waals surface area contributed by atoms with Crippen LogP contribution in [-0.2, 0) is 0 Å². The van der Waals surface area contributed by atoms with Crippen LogP contribution in [0.3, 0.4) is 0 Å². The van der Waals surface area contributed by atoms with Gasteiger partial charge in [-0.3, -0.25) is 14.9 Å². The molecular weight excluding hydrogens is 240 g/mol. The zero-order valence-electron chi connectivity index (χ0n) is 10.4. The van der Waals surface area contributed by atoms with Gasteiger partial charge in [0.15, 0.2) is 0 Å². The third-order valence-electron chi connectivity index (χ3n) is 2.86. The first-order chi connectivity index (χ1) is 9.24. The van der Waals surface area contributed by atoms with Crippen molar-refractivity contribution in [1.82, 2.24) is 14.6 Å². The molecule has 94 valence electrons. The molecular formula is C14H12N4O. The Hall–Kier alpha value is -2.69. The van der Waals surface area contributed by atoms with Crippen LogP contribution in [-0.4, -0.2) is 20.6 Å². The summed E-state index contributed by atoms with van der Waals surface area (Å²) in [5.41, 5.74) is 4.18. The van der Waals surface area contributed by atoms with Crippen LogP contribution < -0.4 is 5.43 Å². The SMILES string of the molecule is Cc1ncc(C(=O)Nn2ccc3ccccc32)cn1. The Kier molecular flexibility index (Phi) is 2.72. The summed E-state index contributed by atoms with van der Waals surface area (Å²) < 4.78 is 1.69. The minimum absolute atomic E-state index is 0.235. The fourth-order valence-corrected chi connectivity index (χ4v) is 1.86. The van der Waals surface area contributed by atoms with E-state index >= 15 is 0 Å². The number of aromatic nitrogens is 3. The van der Waals surface area contributed by atoms with E-state index in [1.807, 2.05) is 36.5 Å². The van der Waals surface area contributed by atoms with Crippen molar-refractivity contribution < 1.29 is 4.79 Å². The lowest BCUT2D eigenvalue weighted by atomic mass is 10.3. The number of nitrogens with one attached hydrogen (secondary N) is 1. The number of amides is 1. The maximum Gasteiger partial charge on any atom is 0.273 e. The van der Waals surface area contributed by atoms with Crippen molar-refractivity contribution in [2.75, 3.05) is 5.43 Å². The molecule has 3 aromatic rings. The average molecular weight is 252 g/mol. The Morgan fingerprint density at radius 3 is 2.68 bits per heavy atom. The van der Waals surface area contributed by atoms with Gasteiger partial charge in [-0.15, -0.1) is 0 Å². The van der Waals surface area contributed by atoms with Crippen molar-refractivity contribution in [1.29, 1.82) is 0 Å². The lowest BCUT2D eigenvalue weighted by molar-refractivity contribution is 0.101. The van der Waals surface area contributed by atoms with E-state index in [1.165, 1.54) is 12.4 Å². The molecule has 0 atom stereocenters. The lowest BCUT2D eigenvalue weighted by Crippen LogP contribution is -2.22. The quantitative estimate of drug-likeness (QED) is 0.760. The van der Waals surface area contributed by atoms with E-state index in [9.17, 15) is 4.79 Å². The first kappa shape index (κ1) is 11.4. The molecule has 0 bridgehead atoms. The molecule has 0 radical (unpaired) electrons. The maximum atomic E-state index is 12.1. The van der Waals surface area contributed by atoms with Crippen LogP contribution in [0.1, 0.15) is 16.2 Å². The highest BCUT2D eigenvalue weighted by molar-refractivity contribution is 6.00. The number of nitrogens with zero attached hydrogens (tertiary/aromatic N) is 3. The Morgan fingerprint density at radius 2 is 1.89 bits per heavy atom. The van der Waals surface area contributed by atoms with Crippen LogP contribution in [0.5, 0.6) is 0 Å². The van der Waals surface area contributed by atoms with E-state index in [1.54, 1.807) is 11.6 Å². The molecule has 1 amide bonds. The summed E-state index contributed by atoms with van der Waals surface area (Å²) in [5, 5.41) is 1.07. The van der Waals surface area contributed by atoms with Gasteiger partial charge in [-0.25, -0.2) is 9.97 Å². The first-order valence-corrected chi connectivity index (χ1v) is 5.90. The fourth-order valence-electron chi connectivity index (χ4n) is 1.86. The summed E-state index contributed by atoms with van der Waals surface area (Å²) in [5.74, 6) is 0.407. The molecule has 0 saturated carbocycles. The number of aryl methyl sites for hydroxylation is 1. The van der Waals surface area contributed by atoms with Crippen molar-refractivity contribution in [3.05, 3.63) is 60.3 Å². The van der Waals surface area contributed by atoms with E-state index in [0.29, 0.717) is 11.4 Å². The molecule has 0 unspecified atom stereocenters. The van der Waals surface area contributed by atoms with E-state index in [-0.39, 0.29) is 5.91 Å². The number of hydrogen-bond acceptors (Lipinski definition) is 3. The van der Waals surface area contributed by atoms with E-state index in [0.717, 1.165) is 10.9 Å². The van der Waals surface area contributed by atoms with Gasteiger partial charge in [0.2, 0.25) is 0 Å². The maximum absolute atomic E-state index is 12.1. The second-order valence-corrected chi connectivity index (χ2v) is 4.20. The molecule has 1 N–H and O–H groups in total. The summed E-state index contributed by atoms with van der Waals surface area (Å²) in [6.07, 6.45) is 4.85. The Balaban J connectivity index is 1.89. The van der Waals surface area contributed by atoms with Crippen LogP contribution in [0.25, 0.3) is 10.9 Å². The van der Waals surface area contributed by atoms with Crippen molar-refractivity contribution in [2.24, 2.45) is 0 Å². The smallest absolute Gasteiger partial charge is 0.267 e. The number of fused-ring (bicyclic) bond motifs is 1. The number of rotatable bonds is 2. The standard InChI is InChI=1S/C14H12N4O/c1-10-15-8-12(9-16-10)14(19)17-18-7-6-11-4-2-3-5-13(11)18/h2-9H,1H3,(H,17,19). The van der Waals surface area contributed by atoms with Crippen LogP contribution in [0, 0.1) is 6.92 Å². The summed E-state index contributed by atoms with van der Waals surface area (Å²) in [4.78, 5) is 20.1. The number of para-hydroxylation sites is 1. The van der Waals surface area contributed by atoms with E-state index < -0.39 is 0 Å². The second-order valence-electron chi connectivity index (χ2n) is 4.20. The molecule has 19 heavy (non-hydrogen) atoms. The normalized spacial score (nSPS) is 10.6. The van der Waals surface area contributed by atoms with Gasteiger partial charge in [-0.05, 0) is 19.1 Å². The minimum atomic E-state index is -0.235. The highest BCUT2D eigenvalue weighted by Crippen LogP contribution is 2.13. The Labute approximate surface area is 109 Å². The largest absolute Gasteiger partial charge is 0.273 e.